The minimum absolute atomic E-state index is 0.140. The van der Waals surface area contributed by atoms with Crippen LogP contribution in [-0.2, 0) is 0 Å². The van der Waals surface area contributed by atoms with Gasteiger partial charge >= 0.3 is 0 Å². The van der Waals surface area contributed by atoms with Crippen molar-refractivity contribution in [2.24, 2.45) is 11.8 Å². The van der Waals surface area contributed by atoms with Crippen molar-refractivity contribution in [2.45, 2.75) is 45.8 Å². The van der Waals surface area contributed by atoms with Gasteiger partial charge in [0.25, 0.3) is 0 Å². The number of hydrogen-bond donors (Lipinski definition) is 2. The van der Waals surface area contributed by atoms with Crippen molar-refractivity contribution in [3.8, 4) is 0 Å². The van der Waals surface area contributed by atoms with Gasteiger partial charge < -0.3 is 15.3 Å². The molecule has 1 heterocycles. The van der Waals surface area contributed by atoms with E-state index in [9.17, 15) is 5.11 Å². The number of rotatable bonds is 5. The number of piperidine rings is 1. The van der Waals surface area contributed by atoms with E-state index in [1.165, 1.54) is 6.42 Å². The standard InChI is InChI=1S/C13H28N2O/c1-5-14-12-6-11(8-15(4)9-12)7-13(16)10(2)3/h10-14,16H,5-9H2,1-4H3. The van der Waals surface area contributed by atoms with Crippen LogP contribution < -0.4 is 5.32 Å². The lowest BCUT2D eigenvalue weighted by Gasteiger charge is -2.37. The molecule has 3 atom stereocenters. The number of likely N-dealkylation sites (tertiary alicyclic amines) is 1. The molecule has 2 N–H and O–H groups in total. The summed E-state index contributed by atoms with van der Waals surface area (Å²) in [6.45, 7) is 9.66. The van der Waals surface area contributed by atoms with E-state index in [1.54, 1.807) is 0 Å². The number of nitrogens with zero attached hydrogens (tertiary/aromatic N) is 1. The fraction of sp³-hybridized carbons (Fsp3) is 1.00. The Hall–Kier alpha value is -0.120. The van der Waals surface area contributed by atoms with Crippen LogP contribution in [0.3, 0.4) is 0 Å². The Morgan fingerprint density at radius 3 is 2.62 bits per heavy atom. The van der Waals surface area contributed by atoms with Gasteiger partial charge in [-0.05, 0) is 38.3 Å². The van der Waals surface area contributed by atoms with Gasteiger partial charge in [0.15, 0.2) is 0 Å². The number of aliphatic hydroxyl groups excluding tert-OH is 1. The molecule has 3 nitrogen and oxygen atoms in total. The molecule has 1 rings (SSSR count). The van der Waals surface area contributed by atoms with Crippen molar-refractivity contribution in [2.75, 3.05) is 26.7 Å². The van der Waals surface area contributed by atoms with E-state index in [0.29, 0.717) is 17.9 Å². The van der Waals surface area contributed by atoms with Crippen molar-refractivity contribution in [1.82, 2.24) is 10.2 Å². The minimum Gasteiger partial charge on any atom is -0.393 e. The molecule has 0 bridgehead atoms. The maximum absolute atomic E-state index is 9.94. The molecule has 1 aliphatic heterocycles. The predicted molar refractivity (Wildman–Crippen MR) is 68.5 cm³/mol. The summed E-state index contributed by atoms with van der Waals surface area (Å²) in [4.78, 5) is 2.38. The van der Waals surface area contributed by atoms with Gasteiger partial charge in [-0.15, -0.1) is 0 Å². The monoisotopic (exact) mass is 228 g/mol. The van der Waals surface area contributed by atoms with E-state index in [2.05, 4.69) is 38.0 Å². The molecule has 0 spiro atoms. The smallest absolute Gasteiger partial charge is 0.0566 e. The first-order chi connectivity index (χ1) is 7.52. The summed E-state index contributed by atoms with van der Waals surface area (Å²) in [5, 5.41) is 13.5. The SMILES string of the molecule is CCNC1CC(CC(O)C(C)C)CN(C)C1. The molecule has 0 aromatic carbocycles. The Labute approximate surface area is 100 Å². The van der Waals surface area contributed by atoms with Crippen LogP contribution in [0.5, 0.6) is 0 Å². The molecule has 0 aromatic rings. The Morgan fingerprint density at radius 1 is 1.38 bits per heavy atom. The van der Waals surface area contributed by atoms with Gasteiger partial charge in [-0.25, -0.2) is 0 Å². The van der Waals surface area contributed by atoms with Crippen LogP contribution in [0.1, 0.15) is 33.6 Å². The molecule has 0 radical (unpaired) electrons. The molecule has 0 saturated carbocycles. The van der Waals surface area contributed by atoms with E-state index in [1.807, 2.05) is 0 Å². The molecule has 0 amide bonds. The Kier molecular flexibility index (Phi) is 5.73. The van der Waals surface area contributed by atoms with Crippen LogP contribution in [0, 0.1) is 11.8 Å². The predicted octanol–water partition coefficient (Wildman–Crippen LogP) is 1.32. The van der Waals surface area contributed by atoms with Gasteiger partial charge in [0.1, 0.15) is 0 Å². The maximum atomic E-state index is 9.94. The topological polar surface area (TPSA) is 35.5 Å². The maximum Gasteiger partial charge on any atom is 0.0566 e. The minimum atomic E-state index is -0.140. The second kappa shape index (κ2) is 6.58. The van der Waals surface area contributed by atoms with E-state index in [0.717, 1.165) is 26.1 Å². The summed E-state index contributed by atoms with van der Waals surface area (Å²) in [6, 6.07) is 0.605. The molecule has 0 aliphatic carbocycles. The quantitative estimate of drug-likeness (QED) is 0.745. The van der Waals surface area contributed by atoms with Crippen molar-refractivity contribution in [3.63, 3.8) is 0 Å². The Morgan fingerprint density at radius 2 is 2.06 bits per heavy atom. The molecule has 0 aromatic heterocycles. The third-order valence-electron chi connectivity index (χ3n) is 3.56. The zero-order chi connectivity index (χ0) is 12.1. The zero-order valence-corrected chi connectivity index (χ0v) is 11.2. The summed E-state index contributed by atoms with van der Waals surface area (Å²) < 4.78 is 0. The van der Waals surface area contributed by atoms with Crippen molar-refractivity contribution < 1.29 is 5.11 Å². The Bertz CT molecular complexity index is 196. The van der Waals surface area contributed by atoms with Crippen LogP contribution in [0.15, 0.2) is 0 Å². The van der Waals surface area contributed by atoms with Crippen LogP contribution >= 0.6 is 0 Å². The number of nitrogens with one attached hydrogen (secondary N) is 1. The fourth-order valence-electron chi connectivity index (χ4n) is 2.66. The Balaban J connectivity index is 2.41. The molecule has 1 aliphatic rings. The van der Waals surface area contributed by atoms with E-state index < -0.39 is 0 Å². The largest absolute Gasteiger partial charge is 0.393 e. The average molecular weight is 228 g/mol. The summed E-state index contributed by atoms with van der Waals surface area (Å²) in [5.74, 6) is 1.02. The molecule has 1 fully saturated rings. The number of hydrogen-bond acceptors (Lipinski definition) is 3. The summed E-state index contributed by atoms with van der Waals surface area (Å²) in [5.41, 5.74) is 0. The second-order valence-corrected chi connectivity index (χ2v) is 5.62. The first-order valence-corrected chi connectivity index (χ1v) is 6.62. The average Bonchev–Trinajstić information content (AvgIpc) is 2.16. The lowest BCUT2D eigenvalue weighted by Crippen LogP contribution is -2.48. The second-order valence-electron chi connectivity index (χ2n) is 5.62. The third-order valence-corrected chi connectivity index (χ3v) is 3.56. The lowest BCUT2D eigenvalue weighted by molar-refractivity contribution is 0.0688. The van der Waals surface area contributed by atoms with Crippen molar-refractivity contribution >= 4 is 0 Å². The fourth-order valence-corrected chi connectivity index (χ4v) is 2.66. The van der Waals surface area contributed by atoms with Crippen LogP contribution in [-0.4, -0.2) is 48.8 Å². The third kappa shape index (κ3) is 4.40. The van der Waals surface area contributed by atoms with Crippen molar-refractivity contribution in [1.29, 1.82) is 0 Å². The summed E-state index contributed by atoms with van der Waals surface area (Å²) in [7, 11) is 2.18. The first-order valence-electron chi connectivity index (χ1n) is 6.62. The van der Waals surface area contributed by atoms with E-state index >= 15 is 0 Å². The van der Waals surface area contributed by atoms with E-state index in [-0.39, 0.29) is 6.10 Å². The summed E-state index contributed by atoms with van der Waals surface area (Å²) in [6.07, 6.45) is 2.02. The van der Waals surface area contributed by atoms with Gasteiger partial charge in [0.05, 0.1) is 6.10 Å². The highest BCUT2D eigenvalue weighted by molar-refractivity contribution is 4.83. The first kappa shape index (κ1) is 13.9. The molecule has 96 valence electrons. The van der Waals surface area contributed by atoms with Gasteiger partial charge in [-0.1, -0.05) is 20.8 Å². The summed E-state index contributed by atoms with van der Waals surface area (Å²) >= 11 is 0. The van der Waals surface area contributed by atoms with Gasteiger partial charge in [0.2, 0.25) is 0 Å². The van der Waals surface area contributed by atoms with Gasteiger partial charge in [-0.3, -0.25) is 0 Å². The number of likely N-dealkylation sites (N-methyl/N-ethyl adjacent to an activating group) is 2. The van der Waals surface area contributed by atoms with Crippen molar-refractivity contribution in [3.05, 3.63) is 0 Å². The van der Waals surface area contributed by atoms with Crippen LogP contribution in [0.25, 0.3) is 0 Å². The van der Waals surface area contributed by atoms with E-state index in [4.69, 9.17) is 0 Å². The van der Waals surface area contributed by atoms with Crippen LogP contribution in [0.4, 0.5) is 0 Å². The molecular formula is C13H28N2O. The highest BCUT2D eigenvalue weighted by Gasteiger charge is 2.26. The molecular weight excluding hydrogens is 200 g/mol. The van der Waals surface area contributed by atoms with Gasteiger partial charge in [0, 0.05) is 19.1 Å². The van der Waals surface area contributed by atoms with Gasteiger partial charge in [-0.2, -0.15) is 0 Å². The lowest BCUT2D eigenvalue weighted by atomic mass is 9.87. The zero-order valence-electron chi connectivity index (χ0n) is 11.2. The van der Waals surface area contributed by atoms with Crippen LogP contribution in [0.2, 0.25) is 0 Å². The normalized spacial score (nSPS) is 29.6. The molecule has 3 heteroatoms. The highest BCUT2D eigenvalue weighted by Crippen LogP contribution is 2.22. The molecule has 16 heavy (non-hydrogen) atoms. The molecule has 3 unspecified atom stereocenters. The highest BCUT2D eigenvalue weighted by atomic mass is 16.3. The number of aliphatic hydroxyl groups is 1. The molecule has 1 saturated heterocycles.